The Hall–Kier alpha value is -2.20. The van der Waals surface area contributed by atoms with Crippen molar-refractivity contribution in [2.75, 3.05) is 17.2 Å². The van der Waals surface area contributed by atoms with Crippen molar-refractivity contribution in [1.29, 1.82) is 0 Å². The zero-order chi connectivity index (χ0) is 17.3. The molecule has 0 bridgehead atoms. The molecular weight excluding hydrogens is 324 g/mol. The van der Waals surface area contributed by atoms with Crippen LogP contribution in [0.1, 0.15) is 24.5 Å². The number of aryl methyl sites for hydroxylation is 1. The molecule has 5 heteroatoms. The van der Waals surface area contributed by atoms with Crippen LogP contribution in [0.5, 0.6) is 5.75 Å². The maximum atomic E-state index is 12.9. The van der Waals surface area contributed by atoms with Gasteiger partial charge in [0.1, 0.15) is 5.75 Å². The Morgan fingerprint density at radius 2 is 2.12 bits per heavy atom. The number of anilines is 2. The number of nitrogen functional groups attached to an aromatic ring is 1. The molecule has 126 valence electrons. The third-order valence-corrected chi connectivity index (χ3v) is 4.60. The van der Waals surface area contributed by atoms with Crippen LogP contribution in [-0.4, -0.2) is 18.6 Å². The molecule has 1 atom stereocenters. The predicted molar refractivity (Wildman–Crippen MR) is 97.8 cm³/mol. The van der Waals surface area contributed by atoms with Crippen molar-refractivity contribution in [3.63, 3.8) is 0 Å². The first-order valence-electron chi connectivity index (χ1n) is 8.09. The Morgan fingerprint density at radius 3 is 2.92 bits per heavy atom. The third-order valence-electron chi connectivity index (χ3n) is 4.29. The van der Waals surface area contributed by atoms with Gasteiger partial charge in [-0.15, -0.1) is 0 Å². The van der Waals surface area contributed by atoms with Crippen molar-refractivity contribution in [1.82, 2.24) is 0 Å². The predicted octanol–water partition coefficient (Wildman–Crippen LogP) is 3.98. The first-order chi connectivity index (χ1) is 11.5. The summed E-state index contributed by atoms with van der Waals surface area (Å²) in [5.74, 6) is 0.446. The molecule has 0 saturated carbocycles. The van der Waals surface area contributed by atoms with Gasteiger partial charge in [-0.3, -0.25) is 4.79 Å². The average molecular weight is 345 g/mol. The van der Waals surface area contributed by atoms with Crippen molar-refractivity contribution in [3.05, 3.63) is 52.5 Å². The van der Waals surface area contributed by atoms with Crippen molar-refractivity contribution in [2.24, 2.45) is 0 Å². The molecule has 1 heterocycles. The van der Waals surface area contributed by atoms with E-state index in [0.29, 0.717) is 17.3 Å². The van der Waals surface area contributed by atoms with Crippen molar-refractivity contribution >= 4 is 28.9 Å². The van der Waals surface area contributed by atoms with Crippen molar-refractivity contribution < 1.29 is 9.53 Å². The molecule has 1 aliphatic heterocycles. The second-order valence-electron chi connectivity index (χ2n) is 6.13. The van der Waals surface area contributed by atoms with Gasteiger partial charge in [0.25, 0.3) is 5.91 Å². The zero-order valence-corrected chi connectivity index (χ0v) is 14.6. The lowest BCUT2D eigenvalue weighted by Crippen LogP contribution is -2.43. The minimum atomic E-state index is -0.628. The number of hydrogen-bond donors (Lipinski definition) is 1. The standard InChI is InChI=1S/C19H21ClN2O2/c1-12-8-9-15(20)18(11-12)24-13(2)19(23)22-10-4-5-14-16(21)6-3-7-17(14)22/h3,6-9,11,13H,4-5,10,21H2,1-2H3. The lowest BCUT2D eigenvalue weighted by atomic mass is 9.99. The minimum absolute atomic E-state index is 0.0841. The van der Waals surface area contributed by atoms with Crippen LogP contribution in [0.2, 0.25) is 5.02 Å². The van der Waals surface area contributed by atoms with E-state index in [1.807, 2.05) is 37.3 Å². The maximum absolute atomic E-state index is 12.9. The molecule has 1 amide bonds. The van der Waals surface area contributed by atoms with Crippen LogP contribution in [0.25, 0.3) is 0 Å². The van der Waals surface area contributed by atoms with E-state index >= 15 is 0 Å². The zero-order valence-electron chi connectivity index (χ0n) is 13.9. The molecule has 3 rings (SSSR count). The number of halogens is 1. The van der Waals surface area contributed by atoms with E-state index in [-0.39, 0.29) is 5.91 Å². The summed E-state index contributed by atoms with van der Waals surface area (Å²) in [6.07, 6.45) is 1.16. The summed E-state index contributed by atoms with van der Waals surface area (Å²) in [7, 11) is 0. The summed E-state index contributed by atoms with van der Waals surface area (Å²) in [6.45, 7) is 4.38. The van der Waals surface area contributed by atoms with Crippen LogP contribution >= 0.6 is 11.6 Å². The summed E-state index contributed by atoms with van der Waals surface area (Å²) in [5, 5.41) is 0.503. The van der Waals surface area contributed by atoms with Gasteiger partial charge < -0.3 is 15.4 Å². The first-order valence-corrected chi connectivity index (χ1v) is 8.46. The second kappa shape index (κ2) is 6.73. The number of carbonyl (C=O) groups excluding carboxylic acids is 1. The van der Waals surface area contributed by atoms with Crippen molar-refractivity contribution in [2.45, 2.75) is 32.8 Å². The molecule has 0 aromatic heterocycles. The highest BCUT2D eigenvalue weighted by Gasteiger charge is 2.28. The highest BCUT2D eigenvalue weighted by molar-refractivity contribution is 6.32. The number of nitrogens with two attached hydrogens (primary N) is 1. The smallest absolute Gasteiger partial charge is 0.267 e. The molecule has 0 spiro atoms. The lowest BCUT2D eigenvalue weighted by molar-refractivity contribution is -0.124. The van der Waals surface area contributed by atoms with Gasteiger partial charge in [0, 0.05) is 17.9 Å². The molecule has 1 unspecified atom stereocenters. The van der Waals surface area contributed by atoms with E-state index in [1.54, 1.807) is 17.9 Å². The van der Waals surface area contributed by atoms with Gasteiger partial charge in [-0.25, -0.2) is 0 Å². The molecule has 2 N–H and O–H groups in total. The van der Waals surface area contributed by atoms with Crippen LogP contribution in [0.15, 0.2) is 36.4 Å². The van der Waals surface area contributed by atoms with Gasteiger partial charge in [0.2, 0.25) is 0 Å². The number of nitrogens with zero attached hydrogens (tertiary/aromatic N) is 1. The maximum Gasteiger partial charge on any atom is 0.267 e. The highest BCUT2D eigenvalue weighted by Crippen LogP contribution is 2.32. The highest BCUT2D eigenvalue weighted by atomic mass is 35.5. The van der Waals surface area contributed by atoms with Crippen LogP contribution in [-0.2, 0) is 11.2 Å². The molecule has 0 fully saturated rings. The normalized spacial score (nSPS) is 14.9. The van der Waals surface area contributed by atoms with Crippen molar-refractivity contribution in [3.8, 4) is 5.75 Å². The number of carbonyl (C=O) groups is 1. The Kier molecular flexibility index (Phi) is 4.67. The molecule has 4 nitrogen and oxygen atoms in total. The van der Waals surface area contributed by atoms with Crippen LogP contribution in [0.3, 0.4) is 0 Å². The fourth-order valence-corrected chi connectivity index (χ4v) is 3.20. The van der Waals surface area contributed by atoms with Gasteiger partial charge in [0.15, 0.2) is 6.10 Å². The molecule has 24 heavy (non-hydrogen) atoms. The first kappa shape index (κ1) is 16.7. The van der Waals surface area contributed by atoms with Gasteiger partial charge in [-0.2, -0.15) is 0 Å². The number of hydrogen-bond acceptors (Lipinski definition) is 3. The summed E-state index contributed by atoms with van der Waals surface area (Å²) in [4.78, 5) is 14.7. The minimum Gasteiger partial charge on any atom is -0.479 e. The molecule has 2 aromatic rings. The van der Waals surface area contributed by atoms with E-state index in [0.717, 1.165) is 35.3 Å². The van der Waals surface area contributed by atoms with Gasteiger partial charge in [0.05, 0.1) is 5.02 Å². The van der Waals surface area contributed by atoms with Crippen LogP contribution < -0.4 is 15.4 Å². The lowest BCUT2D eigenvalue weighted by Gasteiger charge is -2.32. The average Bonchev–Trinajstić information content (AvgIpc) is 2.57. The summed E-state index contributed by atoms with van der Waals surface area (Å²) in [6, 6.07) is 11.2. The topological polar surface area (TPSA) is 55.6 Å². The van der Waals surface area contributed by atoms with E-state index in [2.05, 4.69) is 0 Å². The van der Waals surface area contributed by atoms with Gasteiger partial charge >= 0.3 is 0 Å². The van der Waals surface area contributed by atoms with Crippen LogP contribution in [0, 0.1) is 6.92 Å². The van der Waals surface area contributed by atoms with E-state index in [9.17, 15) is 4.79 Å². The molecule has 0 radical (unpaired) electrons. The molecular formula is C19H21ClN2O2. The summed E-state index contributed by atoms with van der Waals surface area (Å²) >= 11 is 6.17. The Bertz CT molecular complexity index is 776. The van der Waals surface area contributed by atoms with Gasteiger partial charge in [-0.1, -0.05) is 23.7 Å². The fraction of sp³-hybridized carbons (Fsp3) is 0.316. The largest absolute Gasteiger partial charge is 0.479 e. The third kappa shape index (κ3) is 3.20. The summed E-state index contributed by atoms with van der Waals surface area (Å²) in [5.41, 5.74) is 9.75. The number of ether oxygens (including phenoxy) is 1. The molecule has 1 aliphatic rings. The quantitative estimate of drug-likeness (QED) is 0.857. The number of fused-ring (bicyclic) bond motifs is 1. The number of amides is 1. The number of rotatable bonds is 3. The molecule has 2 aromatic carbocycles. The molecule has 0 saturated heterocycles. The van der Waals surface area contributed by atoms with E-state index in [4.69, 9.17) is 22.1 Å². The fourth-order valence-electron chi connectivity index (χ4n) is 3.04. The summed E-state index contributed by atoms with van der Waals surface area (Å²) < 4.78 is 5.83. The number of benzene rings is 2. The second-order valence-corrected chi connectivity index (χ2v) is 6.54. The van der Waals surface area contributed by atoms with Gasteiger partial charge in [-0.05, 0) is 62.1 Å². The Balaban J connectivity index is 1.82. The van der Waals surface area contributed by atoms with E-state index in [1.165, 1.54) is 0 Å². The SMILES string of the molecule is Cc1ccc(Cl)c(OC(C)C(=O)N2CCCc3c(N)cccc32)c1. The monoisotopic (exact) mass is 344 g/mol. The van der Waals surface area contributed by atoms with Crippen LogP contribution in [0.4, 0.5) is 11.4 Å². The van der Waals surface area contributed by atoms with E-state index < -0.39 is 6.10 Å². The Labute approximate surface area is 147 Å². The Morgan fingerprint density at radius 1 is 1.33 bits per heavy atom. The molecule has 0 aliphatic carbocycles.